The zero-order chi connectivity index (χ0) is 15.9. The van der Waals surface area contributed by atoms with Crippen molar-refractivity contribution < 1.29 is 9.53 Å². The molecule has 0 bridgehead atoms. The van der Waals surface area contributed by atoms with Crippen molar-refractivity contribution in [1.82, 2.24) is 10.2 Å². The molecule has 0 saturated carbocycles. The summed E-state index contributed by atoms with van der Waals surface area (Å²) in [5.41, 5.74) is 2.19. The lowest BCUT2D eigenvalue weighted by Gasteiger charge is -2.15. The summed E-state index contributed by atoms with van der Waals surface area (Å²) in [5.74, 6) is 0.0540. The van der Waals surface area contributed by atoms with Gasteiger partial charge in [0.15, 0.2) is 0 Å². The fraction of sp³-hybridized carbons (Fsp3) is 0.588. The van der Waals surface area contributed by atoms with Crippen molar-refractivity contribution in [2.24, 2.45) is 0 Å². The van der Waals surface area contributed by atoms with Gasteiger partial charge in [0.1, 0.15) is 0 Å². The summed E-state index contributed by atoms with van der Waals surface area (Å²) in [5, 5.41) is 5.27. The number of rotatable bonds is 8. The van der Waals surface area contributed by atoms with Gasteiger partial charge >= 0.3 is 0 Å². The van der Waals surface area contributed by atoms with E-state index in [4.69, 9.17) is 4.74 Å². The van der Waals surface area contributed by atoms with Crippen LogP contribution in [-0.4, -0.2) is 50.2 Å². The number of likely N-dealkylation sites (N-methyl/N-ethyl adjacent to an activating group) is 1. The number of hydrogen-bond donors (Lipinski definition) is 1. The SMILES string of the molecule is CCOCCN(C)C/C=C(\C)C(=O)NC1Cc2ccsc2C1. The van der Waals surface area contributed by atoms with E-state index in [2.05, 4.69) is 21.7 Å². The zero-order valence-corrected chi connectivity index (χ0v) is 14.5. The number of carbonyl (C=O) groups excluding carboxylic acids is 1. The third kappa shape index (κ3) is 4.93. The fourth-order valence-electron chi connectivity index (χ4n) is 2.53. The average molecular weight is 322 g/mol. The molecule has 22 heavy (non-hydrogen) atoms. The van der Waals surface area contributed by atoms with Crippen LogP contribution < -0.4 is 5.32 Å². The lowest BCUT2D eigenvalue weighted by Crippen LogP contribution is -2.36. The molecule has 1 unspecified atom stereocenters. The second-order valence-electron chi connectivity index (χ2n) is 5.79. The minimum Gasteiger partial charge on any atom is -0.380 e. The minimum absolute atomic E-state index is 0.0540. The summed E-state index contributed by atoms with van der Waals surface area (Å²) < 4.78 is 5.33. The minimum atomic E-state index is 0.0540. The van der Waals surface area contributed by atoms with Gasteiger partial charge in [0.05, 0.1) is 6.61 Å². The lowest BCUT2D eigenvalue weighted by molar-refractivity contribution is -0.118. The smallest absolute Gasteiger partial charge is 0.246 e. The van der Waals surface area contributed by atoms with Gasteiger partial charge in [-0.3, -0.25) is 4.79 Å². The molecular formula is C17H26N2O2S. The molecule has 5 heteroatoms. The van der Waals surface area contributed by atoms with Gasteiger partial charge in [-0.05, 0) is 44.3 Å². The molecule has 1 aliphatic carbocycles. The van der Waals surface area contributed by atoms with Gasteiger partial charge in [-0.15, -0.1) is 11.3 Å². The first-order valence-electron chi connectivity index (χ1n) is 7.89. The molecule has 0 fully saturated rings. The van der Waals surface area contributed by atoms with Gasteiger partial charge in [0, 0.05) is 42.6 Å². The molecule has 1 aromatic heterocycles. The number of carbonyl (C=O) groups is 1. The first-order valence-corrected chi connectivity index (χ1v) is 8.77. The van der Waals surface area contributed by atoms with Crippen LogP contribution in [0.2, 0.25) is 0 Å². The number of thiophene rings is 1. The Bertz CT molecular complexity index is 504. The molecular weight excluding hydrogens is 296 g/mol. The normalized spacial score (nSPS) is 17.8. The van der Waals surface area contributed by atoms with E-state index < -0.39 is 0 Å². The van der Waals surface area contributed by atoms with Crippen molar-refractivity contribution in [3.63, 3.8) is 0 Å². The molecule has 1 atom stereocenters. The number of fused-ring (bicyclic) bond motifs is 1. The maximum atomic E-state index is 12.2. The van der Waals surface area contributed by atoms with E-state index >= 15 is 0 Å². The van der Waals surface area contributed by atoms with Crippen LogP contribution >= 0.6 is 11.3 Å². The van der Waals surface area contributed by atoms with Crippen molar-refractivity contribution in [2.75, 3.05) is 33.4 Å². The molecule has 1 aliphatic rings. The third-order valence-electron chi connectivity index (χ3n) is 3.96. The second kappa shape index (κ2) is 8.46. The van der Waals surface area contributed by atoms with Crippen LogP contribution in [0.4, 0.5) is 0 Å². The Kier molecular flexibility index (Phi) is 6.61. The number of ether oxygens (including phenoxy) is 1. The van der Waals surface area contributed by atoms with E-state index in [0.29, 0.717) is 0 Å². The molecule has 1 aromatic rings. The van der Waals surface area contributed by atoms with Crippen molar-refractivity contribution in [1.29, 1.82) is 0 Å². The van der Waals surface area contributed by atoms with Crippen LogP contribution in [0.5, 0.6) is 0 Å². The standard InChI is InChI=1S/C17H26N2O2S/c1-4-21-9-8-19(3)7-5-13(2)17(20)18-15-11-14-6-10-22-16(14)12-15/h5-6,10,15H,4,7-9,11-12H2,1-3H3,(H,18,20)/b13-5+. The summed E-state index contributed by atoms with van der Waals surface area (Å²) in [6, 6.07) is 2.43. The maximum Gasteiger partial charge on any atom is 0.246 e. The van der Waals surface area contributed by atoms with Gasteiger partial charge in [-0.2, -0.15) is 0 Å². The molecule has 0 saturated heterocycles. The molecule has 0 aliphatic heterocycles. The quantitative estimate of drug-likeness (QED) is 0.589. The van der Waals surface area contributed by atoms with Crippen LogP contribution in [0.3, 0.4) is 0 Å². The highest BCUT2D eigenvalue weighted by Gasteiger charge is 2.23. The Labute approximate surface area is 137 Å². The topological polar surface area (TPSA) is 41.6 Å². The molecule has 1 N–H and O–H groups in total. The monoisotopic (exact) mass is 322 g/mol. The number of nitrogens with zero attached hydrogens (tertiary/aromatic N) is 1. The van der Waals surface area contributed by atoms with Gasteiger partial charge in [-0.1, -0.05) is 6.08 Å². The predicted molar refractivity (Wildman–Crippen MR) is 91.4 cm³/mol. The molecule has 0 spiro atoms. The largest absolute Gasteiger partial charge is 0.380 e. The highest BCUT2D eigenvalue weighted by Crippen LogP contribution is 2.27. The lowest BCUT2D eigenvalue weighted by atomic mass is 10.2. The Morgan fingerprint density at radius 1 is 1.55 bits per heavy atom. The van der Waals surface area contributed by atoms with Gasteiger partial charge in [-0.25, -0.2) is 0 Å². The van der Waals surface area contributed by atoms with Crippen molar-refractivity contribution in [2.45, 2.75) is 32.7 Å². The van der Waals surface area contributed by atoms with Crippen LogP contribution in [0.1, 0.15) is 24.3 Å². The molecule has 1 heterocycles. The van der Waals surface area contributed by atoms with Crippen molar-refractivity contribution in [3.8, 4) is 0 Å². The second-order valence-corrected chi connectivity index (χ2v) is 6.79. The molecule has 1 amide bonds. The van der Waals surface area contributed by atoms with Gasteiger partial charge < -0.3 is 15.0 Å². The first kappa shape index (κ1) is 17.2. The van der Waals surface area contributed by atoms with Gasteiger partial charge in [0.25, 0.3) is 0 Å². The maximum absolute atomic E-state index is 12.2. The van der Waals surface area contributed by atoms with E-state index in [1.54, 1.807) is 11.3 Å². The zero-order valence-electron chi connectivity index (χ0n) is 13.7. The molecule has 0 aromatic carbocycles. The molecule has 0 radical (unpaired) electrons. The van der Waals surface area contributed by atoms with E-state index in [0.717, 1.165) is 44.7 Å². The Morgan fingerprint density at radius 3 is 3.09 bits per heavy atom. The predicted octanol–water partition coefficient (Wildman–Crippen LogP) is 2.25. The van der Waals surface area contributed by atoms with E-state index in [-0.39, 0.29) is 11.9 Å². The summed E-state index contributed by atoms with van der Waals surface area (Å²) in [6.45, 7) is 7.01. The number of hydrogen-bond acceptors (Lipinski definition) is 4. The Balaban J connectivity index is 1.72. The van der Waals surface area contributed by atoms with Gasteiger partial charge in [0.2, 0.25) is 5.91 Å². The Morgan fingerprint density at radius 2 is 2.36 bits per heavy atom. The number of nitrogens with one attached hydrogen (secondary N) is 1. The molecule has 4 nitrogen and oxygen atoms in total. The van der Waals surface area contributed by atoms with Crippen LogP contribution in [-0.2, 0) is 22.4 Å². The molecule has 2 rings (SSSR count). The van der Waals surface area contributed by atoms with Crippen LogP contribution in [0, 0.1) is 0 Å². The van der Waals surface area contributed by atoms with Crippen LogP contribution in [0.25, 0.3) is 0 Å². The molecule has 122 valence electrons. The highest BCUT2D eigenvalue weighted by molar-refractivity contribution is 7.10. The average Bonchev–Trinajstić information content (AvgIpc) is 3.06. The third-order valence-corrected chi connectivity index (χ3v) is 4.95. The highest BCUT2D eigenvalue weighted by atomic mass is 32.1. The van der Waals surface area contributed by atoms with E-state index in [1.807, 2.05) is 27.0 Å². The van der Waals surface area contributed by atoms with E-state index in [9.17, 15) is 4.79 Å². The fourth-order valence-corrected chi connectivity index (χ4v) is 3.53. The van der Waals surface area contributed by atoms with Crippen molar-refractivity contribution in [3.05, 3.63) is 33.5 Å². The first-order chi connectivity index (χ1) is 10.6. The summed E-state index contributed by atoms with van der Waals surface area (Å²) in [4.78, 5) is 15.8. The summed E-state index contributed by atoms with van der Waals surface area (Å²) in [7, 11) is 2.04. The number of amides is 1. The van der Waals surface area contributed by atoms with E-state index in [1.165, 1.54) is 10.4 Å². The Hall–Kier alpha value is -1.17. The summed E-state index contributed by atoms with van der Waals surface area (Å²) >= 11 is 1.79. The summed E-state index contributed by atoms with van der Waals surface area (Å²) in [6.07, 6.45) is 3.93. The van der Waals surface area contributed by atoms with Crippen LogP contribution in [0.15, 0.2) is 23.1 Å². The van der Waals surface area contributed by atoms with Crippen molar-refractivity contribution >= 4 is 17.2 Å².